The summed E-state index contributed by atoms with van der Waals surface area (Å²) in [5.41, 5.74) is 1.71. The van der Waals surface area contributed by atoms with Gasteiger partial charge in [-0.2, -0.15) is 5.26 Å². The maximum absolute atomic E-state index is 12.9. The molecule has 0 radical (unpaired) electrons. The molecule has 0 N–H and O–H groups in total. The summed E-state index contributed by atoms with van der Waals surface area (Å²) in [4.78, 5) is 16.6. The molecule has 0 saturated carbocycles. The smallest absolute Gasteiger partial charge is 0.359 e. The van der Waals surface area contributed by atoms with Crippen molar-refractivity contribution < 1.29 is 13.9 Å². The average molecular weight is 337 g/mol. The van der Waals surface area contributed by atoms with E-state index in [1.54, 1.807) is 29.5 Å². The van der Waals surface area contributed by atoms with Crippen LogP contribution in [0.2, 0.25) is 0 Å². The van der Waals surface area contributed by atoms with Crippen molar-refractivity contribution in [1.29, 1.82) is 5.26 Å². The van der Waals surface area contributed by atoms with Gasteiger partial charge in [0.05, 0.1) is 17.5 Å². The Labute approximate surface area is 144 Å². The Hall–Kier alpha value is -3.20. The van der Waals surface area contributed by atoms with Crippen molar-refractivity contribution in [3.8, 4) is 6.07 Å². The van der Waals surface area contributed by atoms with Gasteiger partial charge in [-0.1, -0.05) is 18.2 Å². The Morgan fingerprint density at radius 2 is 2.08 bits per heavy atom. The van der Waals surface area contributed by atoms with Crippen LogP contribution < -0.4 is 0 Å². The topological polar surface area (TPSA) is 67.4 Å². The summed E-state index contributed by atoms with van der Waals surface area (Å²) in [6.07, 6.45) is 2.20. The van der Waals surface area contributed by atoms with E-state index in [1.807, 2.05) is 18.3 Å². The number of aromatic nitrogens is 2. The number of hydrogen-bond donors (Lipinski definition) is 0. The Morgan fingerprint density at radius 1 is 1.32 bits per heavy atom. The number of benzene rings is 1. The van der Waals surface area contributed by atoms with Crippen molar-refractivity contribution in [1.82, 2.24) is 9.38 Å². The third-order valence-corrected chi connectivity index (χ3v) is 3.91. The Bertz CT molecular complexity index is 941. The summed E-state index contributed by atoms with van der Waals surface area (Å²) in [6, 6.07) is 13.5. The van der Waals surface area contributed by atoms with Gasteiger partial charge in [-0.25, -0.2) is 14.2 Å². The van der Waals surface area contributed by atoms with Gasteiger partial charge in [0.15, 0.2) is 5.69 Å². The zero-order valence-corrected chi connectivity index (χ0v) is 13.6. The van der Waals surface area contributed by atoms with E-state index < -0.39 is 11.9 Å². The van der Waals surface area contributed by atoms with Crippen LogP contribution in [0.5, 0.6) is 0 Å². The molecule has 126 valence electrons. The van der Waals surface area contributed by atoms with Crippen LogP contribution in [-0.4, -0.2) is 22.0 Å². The first-order valence-corrected chi connectivity index (χ1v) is 7.83. The molecule has 1 atom stereocenters. The molecule has 6 heteroatoms. The van der Waals surface area contributed by atoms with Crippen molar-refractivity contribution in [3.63, 3.8) is 0 Å². The van der Waals surface area contributed by atoms with Crippen LogP contribution in [0.1, 0.15) is 21.9 Å². The van der Waals surface area contributed by atoms with Crippen molar-refractivity contribution >= 4 is 11.5 Å². The number of carbonyl (C=O) groups is 1. The molecular weight excluding hydrogens is 321 g/mol. The molecule has 2 heterocycles. The van der Waals surface area contributed by atoms with Crippen LogP contribution in [0.4, 0.5) is 4.39 Å². The minimum atomic E-state index is -0.559. The van der Waals surface area contributed by atoms with E-state index in [-0.39, 0.29) is 18.1 Å². The zero-order chi connectivity index (χ0) is 17.8. The van der Waals surface area contributed by atoms with Crippen LogP contribution in [0.15, 0.2) is 48.7 Å². The lowest BCUT2D eigenvalue weighted by Crippen LogP contribution is -2.15. The second-order valence-electron chi connectivity index (χ2n) is 5.72. The van der Waals surface area contributed by atoms with Crippen LogP contribution >= 0.6 is 0 Å². The molecule has 3 aromatic rings. The molecule has 1 unspecified atom stereocenters. The molecule has 0 bridgehead atoms. The maximum Gasteiger partial charge on any atom is 0.359 e. The Balaban J connectivity index is 1.68. The summed E-state index contributed by atoms with van der Waals surface area (Å²) in [5.74, 6) is -0.711. The predicted octanol–water partition coefficient (Wildman–Crippen LogP) is 3.32. The largest absolute Gasteiger partial charge is 0.459 e. The second-order valence-corrected chi connectivity index (χ2v) is 5.72. The summed E-state index contributed by atoms with van der Waals surface area (Å²) >= 11 is 0. The number of halogens is 1. The number of esters is 1. The number of nitriles is 1. The van der Waals surface area contributed by atoms with Gasteiger partial charge in [0.1, 0.15) is 18.2 Å². The van der Waals surface area contributed by atoms with Gasteiger partial charge in [0.25, 0.3) is 0 Å². The number of hydrogen-bond acceptors (Lipinski definition) is 4. The summed E-state index contributed by atoms with van der Waals surface area (Å²) < 4.78 is 20.0. The van der Waals surface area contributed by atoms with E-state index in [0.29, 0.717) is 17.8 Å². The molecule has 1 aromatic carbocycles. The molecule has 2 aromatic heterocycles. The number of rotatable bonds is 5. The highest BCUT2D eigenvalue weighted by Gasteiger charge is 2.19. The Morgan fingerprint density at radius 3 is 2.80 bits per heavy atom. The number of imidazole rings is 1. The van der Waals surface area contributed by atoms with E-state index >= 15 is 0 Å². The monoisotopic (exact) mass is 337 g/mol. The molecule has 0 aliphatic rings. The standard InChI is InChI=1S/C19H16FN3O2/c1-13-22-18(17-4-2-3-9-23(13)17)19(24)25-12-15(11-21)10-14-5-7-16(20)8-6-14/h2-9,15H,10,12H2,1H3. The zero-order valence-electron chi connectivity index (χ0n) is 13.6. The first kappa shape index (κ1) is 16.7. The molecule has 0 fully saturated rings. The van der Waals surface area contributed by atoms with Crippen molar-refractivity contribution in [2.24, 2.45) is 5.92 Å². The van der Waals surface area contributed by atoms with Gasteiger partial charge in [0, 0.05) is 6.20 Å². The molecule has 0 spiro atoms. The van der Waals surface area contributed by atoms with Crippen LogP contribution in [0, 0.1) is 30.0 Å². The van der Waals surface area contributed by atoms with Crippen molar-refractivity contribution in [2.45, 2.75) is 13.3 Å². The lowest BCUT2D eigenvalue weighted by Gasteiger charge is -2.09. The average Bonchev–Trinajstić information content (AvgIpc) is 2.97. The number of pyridine rings is 1. The molecule has 3 rings (SSSR count). The third kappa shape index (κ3) is 3.66. The molecule has 0 aliphatic heterocycles. The molecule has 25 heavy (non-hydrogen) atoms. The predicted molar refractivity (Wildman–Crippen MR) is 89.4 cm³/mol. The summed E-state index contributed by atoms with van der Waals surface area (Å²) in [7, 11) is 0. The van der Waals surface area contributed by atoms with Crippen LogP contribution in [-0.2, 0) is 11.2 Å². The van der Waals surface area contributed by atoms with Crippen LogP contribution in [0.25, 0.3) is 5.52 Å². The number of aryl methyl sites for hydroxylation is 1. The van der Waals surface area contributed by atoms with Crippen LogP contribution in [0.3, 0.4) is 0 Å². The number of nitrogens with zero attached hydrogens (tertiary/aromatic N) is 3. The fraction of sp³-hybridized carbons (Fsp3) is 0.211. The Kier molecular flexibility index (Phi) is 4.75. The lowest BCUT2D eigenvalue weighted by atomic mass is 10.0. The molecule has 0 saturated heterocycles. The van der Waals surface area contributed by atoms with Gasteiger partial charge >= 0.3 is 5.97 Å². The molecule has 0 aliphatic carbocycles. The molecule has 0 amide bonds. The highest BCUT2D eigenvalue weighted by Crippen LogP contribution is 2.15. The first-order chi connectivity index (χ1) is 12.1. The van der Waals surface area contributed by atoms with Gasteiger partial charge < -0.3 is 9.14 Å². The minimum absolute atomic E-state index is 0.0440. The van der Waals surface area contributed by atoms with Gasteiger partial charge in [-0.3, -0.25) is 0 Å². The normalized spacial score (nSPS) is 11.9. The van der Waals surface area contributed by atoms with E-state index in [1.165, 1.54) is 12.1 Å². The van der Waals surface area contributed by atoms with Gasteiger partial charge in [0.2, 0.25) is 0 Å². The molecular formula is C19H16FN3O2. The quantitative estimate of drug-likeness (QED) is 0.670. The van der Waals surface area contributed by atoms with E-state index in [2.05, 4.69) is 11.1 Å². The van der Waals surface area contributed by atoms with Crippen molar-refractivity contribution in [2.75, 3.05) is 6.61 Å². The number of ether oxygens (including phenoxy) is 1. The van der Waals surface area contributed by atoms with E-state index in [0.717, 1.165) is 5.56 Å². The lowest BCUT2D eigenvalue weighted by molar-refractivity contribution is 0.0464. The van der Waals surface area contributed by atoms with E-state index in [4.69, 9.17) is 4.74 Å². The highest BCUT2D eigenvalue weighted by atomic mass is 19.1. The fourth-order valence-corrected chi connectivity index (χ4v) is 2.63. The van der Waals surface area contributed by atoms with Gasteiger partial charge in [-0.05, 0) is 43.2 Å². The SMILES string of the molecule is Cc1nc(C(=O)OCC(C#N)Cc2ccc(F)cc2)c2ccccn12. The first-order valence-electron chi connectivity index (χ1n) is 7.83. The summed E-state index contributed by atoms with van der Waals surface area (Å²) in [6.45, 7) is 1.76. The van der Waals surface area contributed by atoms with Gasteiger partial charge in [-0.15, -0.1) is 0 Å². The summed E-state index contributed by atoms with van der Waals surface area (Å²) in [5, 5.41) is 9.27. The third-order valence-electron chi connectivity index (χ3n) is 3.91. The minimum Gasteiger partial charge on any atom is -0.459 e. The second kappa shape index (κ2) is 7.14. The van der Waals surface area contributed by atoms with Crippen molar-refractivity contribution in [3.05, 3.63) is 71.6 Å². The number of fused-ring (bicyclic) bond motifs is 1. The molecule has 5 nitrogen and oxygen atoms in total. The fourth-order valence-electron chi connectivity index (χ4n) is 2.63. The van der Waals surface area contributed by atoms with E-state index in [9.17, 15) is 14.4 Å². The number of carbonyl (C=O) groups excluding carboxylic acids is 1. The highest BCUT2D eigenvalue weighted by molar-refractivity contribution is 5.95. The maximum atomic E-state index is 12.9.